The van der Waals surface area contributed by atoms with Gasteiger partial charge < -0.3 is 61.3 Å². The molecule has 0 saturated heterocycles. The number of primary amides is 1. The Labute approximate surface area is 357 Å². The van der Waals surface area contributed by atoms with Crippen molar-refractivity contribution in [3.8, 4) is 0 Å². The summed E-state index contributed by atoms with van der Waals surface area (Å²) in [6.45, 7) is 4.79. The van der Waals surface area contributed by atoms with Crippen molar-refractivity contribution < 1.29 is 57.7 Å². The van der Waals surface area contributed by atoms with Gasteiger partial charge in [-0.15, -0.1) is 0 Å². The van der Waals surface area contributed by atoms with Crippen molar-refractivity contribution in [2.24, 2.45) is 17.6 Å². The van der Waals surface area contributed by atoms with E-state index in [1.165, 1.54) is 37.0 Å². The summed E-state index contributed by atoms with van der Waals surface area (Å²) in [5.74, 6) is -5.97. The van der Waals surface area contributed by atoms with Crippen molar-refractivity contribution in [2.75, 3.05) is 52.8 Å². The first-order chi connectivity index (χ1) is 28.9. The number of aromatic nitrogens is 2. The van der Waals surface area contributed by atoms with Crippen molar-refractivity contribution in [3.63, 3.8) is 0 Å². The van der Waals surface area contributed by atoms with Gasteiger partial charge in [-0.1, -0.05) is 63.9 Å². The van der Waals surface area contributed by atoms with E-state index in [0.29, 0.717) is 31.9 Å². The van der Waals surface area contributed by atoms with E-state index in [0.717, 1.165) is 25.7 Å². The predicted molar refractivity (Wildman–Crippen MR) is 224 cm³/mol. The number of methoxy groups -OCH3 is 1. The van der Waals surface area contributed by atoms with E-state index >= 15 is 0 Å². The molecular weight excluding hydrogens is 815 g/mol. The van der Waals surface area contributed by atoms with Crippen molar-refractivity contribution in [3.05, 3.63) is 54.1 Å². The van der Waals surface area contributed by atoms with Crippen molar-refractivity contribution in [1.29, 1.82) is 0 Å². The third-order valence-electron chi connectivity index (χ3n) is 9.55. The number of hydrogen-bond acceptors (Lipinski definition) is 11. The van der Waals surface area contributed by atoms with E-state index in [2.05, 4.69) is 43.4 Å². The number of unbranched alkanes of at least 4 members (excludes halogenated alkanes) is 3. The maximum atomic E-state index is 13.9. The number of aromatic amines is 1. The van der Waals surface area contributed by atoms with E-state index in [9.17, 15) is 48.2 Å². The Morgan fingerprint density at radius 3 is 2.13 bits per heavy atom. The minimum Gasteiger partial charge on any atom is -0.394 e. The van der Waals surface area contributed by atoms with E-state index in [-0.39, 0.29) is 44.2 Å². The molecule has 1 aromatic carbocycles. The summed E-state index contributed by atoms with van der Waals surface area (Å²) in [6.07, 6.45) is 6.34. The standard InChI is InChI=1S/C40H65N8O12P/c1-27(2)20-31(44-34(50)23-48(35(51)15-17-60-19-18-59-4)16-11-6-5-8-12-29-13-9-7-10-14-29)38(53)45-32(21-30-22-42-26-43-30)39(54)46-33(24-49)40(55)47-36(37(41)52)28(3)25-61(56,57)58/h7,9-10,13-14,22,26-28,31-33,36,49H,5-6,8,11-12,15-21,23-25H2,1-4H3,(H2,41,52)(H,42,43)(H,44,50)(H,45,53)(H,46,54)(H,47,55)(H2,56,57,58)/t28-,31-,32-,33-,36-/m0/s1. The molecule has 0 unspecified atom stereocenters. The highest BCUT2D eigenvalue weighted by atomic mass is 31.2. The van der Waals surface area contributed by atoms with Gasteiger partial charge in [0.1, 0.15) is 24.2 Å². The Balaban J connectivity index is 2.18. The molecule has 0 fully saturated rings. The van der Waals surface area contributed by atoms with Gasteiger partial charge in [0, 0.05) is 32.0 Å². The Kier molecular flexibility index (Phi) is 24.1. The molecule has 0 spiro atoms. The van der Waals surface area contributed by atoms with Gasteiger partial charge in [0.05, 0.1) is 51.9 Å². The van der Waals surface area contributed by atoms with E-state index in [4.69, 9.17) is 15.2 Å². The smallest absolute Gasteiger partial charge is 0.325 e. The molecule has 0 aliphatic heterocycles. The van der Waals surface area contributed by atoms with Gasteiger partial charge in [-0.25, -0.2) is 4.98 Å². The number of rotatable bonds is 31. The van der Waals surface area contributed by atoms with E-state index in [1.54, 1.807) is 0 Å². The molecule has 21 heteroatoms. The number of carbonyl (C=O) groups is 6. The number of nitrogens with zero attached hydrogens (tertiary/aromatic N) is 2. The SMILES string of the molecule is COCCOCCC(=O)N(CCCCCCc1ccccc1)CC(=O)N[C@@H](CC(C)C)C(=O)N[C@@H](Cc1cnc[nH]1)C(=O)N[C@@H](CO)C(=O)N[C@H](C(N)=O)[C@@H](C)CP(=O)(O)O. The van der Waals surface area contributed by atoms with Gasteiger partial charge in [0.15, 0.2) is 0 Å². The lowest BCUT2D eigenvalue weighted by Crippen LogP contribution is -2.60. The second kappa shape index (κ2) is 28.0. The highest BCUT2D eigenvalue weighted by molar-refractivity contribution is 7.51. The lowest BCUT2D eigenvalue weighted by molar-refractivity contribution is -0.138. The molecule has 0 saturated carbocycles. The van der Waals surface area contributed by atoms with E-state index in [1.807, 2.05) is 32.0 Å². The van der Waals surface area contributed by atoms with Gasteiger partial charge in [-0.3, -0.25) is 33.3 Å². The van der Waals surface area contributed by atoms with Gasteiger partial charge in [0.2, 0.25) is 35.4 Å². The molecule has 61 heavy (non-hydrogen) atoms. The summed E-state index contributed by atoms with van der Waals surface area (Å²) in [4.78, 5) is 107. The molecule has 1 aromatic heterocycles. The first kappa shape index (κ1) is 52.4. The van der Waals surface area contributed by atoms with Crippen molar-refractivity contribution in [2.45, 2.75) is 96.3 Å². The first-order valence-corrected chi connectivity index (χ1v) is 22.2. The number of aryl methyl sites for hydroxylation is 1. The summed E-state index contributed by atoms with van der Waals surface area (Å²) >= 11 is 0. The van der Waals surface area contributed by atoms with Crippen LogP contribution in [0, 0.1) is 11.8 Å². The zero-order chi connectivity index (χ0) is 45.4. The topological polar surface area (TPSA) is 305 Å². The molecule has 5 atom stereocenters. The Bertz CT molecular complexity index is 1700. The number of aliphatic hydroxyl groups is 1. The molecular formula is C40H65N8O12P. The van der Waals surface area contributed by atoms with Gasteiger partial charge in [-0.05, 0) is 43.1 Å². The second-order valence-electron chi connectivity index (χ2n) is 15.4. The van der Waals surface area contributed by atoms with Gasteiger partial charge >= 0.3 is 7.60 Å². The fourth-order valence-electron chi connectivity index (χ4n) is 6.39. The number of H-pyrrole nitrogens is 1. The maximum absolute atomic E-state index is 13.9. The third-order valence-corrected chi connectivity index (χ3v) is 10.6. The van der Waals surface area contributed by atoms with Crippen LogP contribution < -0.4 is 27.0 Å². The Hall–Kier alpha value is -4.72. The zero-order valence-electron chi connectivity index (χ0n) is 35.5. The van der Waals surface area contributed by atoms with Crippen molar-refractivity contribution >= 4 is 43.0 Å². The van der Waals surface area contributed by atoms with Crippen LogP contribution >= 0.6 is 7.60 Å². The van der Waals surface area contributed by atoms with Crippen LogP contribution in [0.15, 0.2) is 42.9 Å². The summed E-state index contributed by atoms with van der Waals surface area (Å²) in [5.41, 5.74) is 7.04. The number of carbonyl (C=O) groups excluding carboxylic acids is 6. The van der Waals surface area contributed by atoms with Crippen LogP contribution in [0.25, 0.3) is 0 Å². The Morgan fingerprint density at radius 1 is 0.869 bits per heavy atom. The van der Waals surface area contributed by atoms with Crippen LogP contribution in [-0.2, 0) is 55.6 Å². The van der Waals surface area contributed by atoms with Crippen LogP contribution in [0.2, 0.25) is 0 Å². The van der Waals surface area contributed by atoms with Crippen molar-refractivity contribution in [1.82, 2.24) is 36.1 Å². The highest BCUT2D eigenvalue weighted by Crippen LogP contribution is 2.37. The normalized spacial score (nSPS) is 14.0. The summed E-state index contributed by atoms with van der Waals surface area (Å²) in [5, 5.41) is 20.0. The molecule has 1 heterocycles. The van der Waals surface area contributed by atoms with Crippen LogP contribution in [-0.4, -0.2) is 142 Å². The van der Waals surface area contributed by atoms with E-state index < -0.39 is 80.0 Å². The number of nitrogens with two attached hydrogens (primary N) is 1. The minimum atomic E-state index is -4.61. The van der Waals surface area contributed by atoms with Crippen LogP contribution in [0.1, 0.15) is 70.6 Å². The molecule has 0 aliphatic rings. The van der Waals surface area contributed by atoms with Crippen LogP contribution in [0.3, 0.4) is 0 Å². The van der Waals surface area contributed by atoms with Crippen LogP contribution in [0.4, 0.5) is 0 Å². The largest absolute Gasteiger partial charge is 0.394 e. The fraction of sp³-hybridized carbons (Fsp3) is 0.625. The monoisotopic (exact) mass is 880 g/mol. The molecule has 0 aliphatic carbocycles. The predicted octanol–water partition coefficient (Wildman–Crippen LogP) is -0.0863. The zero-order valence-corrected chi connectivity index (χ0v) is 36.4. The second-order valence-corrected chi connectivity index (χ2v) is 17.1. The average Bonchev–Trinajstić information content (AvgIpc) is 3.71. The summed E-state index contributed by atoms with van der Waals surface area (Å²) < 4.78 is 22.0. The molecule has 2 aromatic rings. The quantitative estimate of drug-likeness (QED) is 0.0354. The number of nitrogens with one attached hydrogen (secondary N) is 5. The lowest BCUT2D eigenvalue weighted by Gasteiger charge is -2.28. The third kappa shape index (κ3) is 21.6. The average molecular weight is 881 g/mol. The first-order valence-electron chi connectivity index (χ1n) is 20.4. The summed E-state index contributed by atoms with van der Waals surface area (Å²) in [7, 11) is -3.07. The Morgan fingerprint density at radius 2 is 1.52 bits per heavy atom. The molecule has 10 N–H and O–H groups in total. The van der Waals surface area contributed by atoms with Gasteiger partial charge in [0.25, 0.3) is 0 Å². The molecule has 0 bridgehead atoms. The number of ether oxygens (including phenoxy) is 2. The fourth-order valence-corrected chi connectivity index (χ4v) is 7.35. The lowest BCUT2D eigenvalue weighted by atomic mass is 10.0. The number of aliphatic hydroxyl groups excluding tert-OH is 1. The molecule has 6 amide bonds. The molecule has 20 nitrogen and oxygen atoms in total. The number of hydrogen-bond donors (Lipinski definition) is 9. The molecule has 0 radical (unpaired) electrons. The minimum absolute atomic E-state index is 0.0355. The maximum Gasteiger partial charge on any atom is 0.325 e. The molecule has 2 rings (SSSR count). The van der Waals surface area contributed by atoms with Crippen LogP contribution in [0.5, 0.6) is 0 Å². The van der Waals surface area contributed by atoms with Gasteiger partial charge in [-0.2, -0.15) is 0 Å². The number of amides is 6. The number of benzene rings is 1. The number of imidazole rings is 1. The summed E-state index contributed by atoms with van der Waals surface area (Å²) in [6, 6.07) is 4.36. The highest BCUT2D eigenvalue weighted by Gasteiger charge is 2.34. The molecule has 342 valence electrons.